The Labute approximate surface area is 166 Å². The number of rotatable bonds is 5. The van der Waals surface area contributed by atoms with E-state index in [9.17, 15) is 14.4 Å². The number of hydrogen-bond acceptors (Lipinski definition) is 4. The van der Waals surface area contributed by atoms with Crippen LogP contribution in [0.25, 0.3) is 17.2 Å². The quantitative estimate of drug-likeness (QED) is 0.624. The van der Waals surface area contributed by atoms with Gasteiger partial charge in [0.1, 0.15) is 6.61 Å². The fourth-order valence-electron chi connectivity index (χ4n) is 3.52. The second-order valence-corrected chi connectivity index (χ2v) is 6.64. The van der Waals surface area contributed by atoms with Crippen LogP contribution in [0.1, 0.15) is 22.6 Å². The summed E-state index contributed by atoms with van der Waals surface area (Å²) in [5, 5.41) is 2.62. The van der Waals surface area contributed by atoms with Crippen molar-refractivity contribution in [3.63, 3.8) is 0 Å². The molecule has 1 amide bonds. The van der Waals surface area contributed by atoms with Gasteiger partial charge in [0.05, 0.1) is 5.56 Å². The monoisotopic (exact) mass is 389 g/mol. The minimum atomic E-state index is -0.566. The third-order valence-corrected chi connectivity index (χ3v) is 4.85. The van der Waals surface area contributed by atoms with E-state index in [0.29, 0.717) is 5.56 Å². The van der Waals surface area contributed by atoms with Gasteiger partial charge in [-0.1, -0.05) is 60.7 Å². The summed E-state index contributed by atoms with van der Waals surface area (Å²) >= 11 is 0. The number of carbonyl (C=O) groups is 1. The first-order chi connectivity index (χ1) is 14.1. The molecule has 1 aromatic heterocycles. The highest BCUT2D eigenvalue weighted by molar-refractivity contribution is 5.79. The number of fused-ring (bicyclic) bond motifs is 3. The second-order valence-electron chi connectivity index (χ2n) is 6.64. The number of alkyl carbamates (subject to hydrolysis) is 1. The average Bonchev–Trinajstić information content (AvgIpc) is 3.05. The smallest absolute Gasteiger partial charge is 0.407 e. The zero-order chi connectivity index (χ0) is 20.2. The molecule has 146 valence electrons. The zero-order valence-corrected chi connectivity index (χ0v) is 15.5. The number of hydrogen-bond donors (Lipinski definition) is 3. The summed E-state index contributed by atoms with van der Waals surface area (Å²) in [4.78, 5) is 39.1. The molecule has 0 radical (unpaired) electrons. The minimum Gasteiger partial charge on any atom is -0.449 e. The van der Waals surface area contributed by atoms with E-state index < -0.39 is 17.3 Å². The lowest BCUT2D eigenvalue weighted by Crippen LogP contribution is -2.26. The van der Waals surface area contributed by atoms with Gasteiger partial charge in [0, 0.05) is 18.7 Å². The Morgan fingerprint density at radius 1 is 1.03 bits per heavy atom. The number of nitrogens with one attached hydrogen (secondary N) is 3. The predicted molar refractivity (Wildman–Crippen MR) is 110 cm³/mol. The molecule has 1 aliphatic carbocycles. The largest absolute Gasteiger partial charge is 0.449 e. The van der Waals surface area contributed by atoms with Gasteiger partial charge in [0.25, 0.3) is 5.56 Å². The lowest BCUT2D eigenvalue weighted by atomic mass is 9.98. The first kappa shape index (κ1) is 18.5. The molecule has 3 N–H and O–H groups in total. The van der Waals surface area contributed by atoms with Crippen LogP contribution in [-0.2, 0) is 4.74 Å². The van der Waals surface area contributed by atoms with Crippen LogP contribution in [0.2, 0.25) is 0 Å². The van der Waals surface area contributed by atoms with Crippen LogP contribution in [-0.4, -0.2) is 29.2 Å². The topological polar surface area (TPSA) is 104 Å². The highest BCUT2D eigenvalue weighted by Crippen LogP contribution is 2.44. The fraction of sp³-hybridized carbons (Fsp3) is 0.136. The van der Waals surface area contributed by atoms with Crippen molar-refractivity contribution >= 4 is 12.2 Å². The molecular weight excluding hydrogens is 370 g/mol. The van der Waals surface area contributed by atoms with Crippen LogP contribution in [0.3, 0.4) is 0 Å². The lowest BCUT2D eigenvalue weighted by molar-refractivity contribution is 0.144. The number of H-pyrrole nitrogens is 2. The molecule has 0 fully saturated rings. The van der Waals surface area contributed by atoms with Crippen LogP contribution in [0, 0.1) is 0 Å². The van der Waals surface area contributed by atoms with Gasteiger partial charge in [-0.2, -0.15) is 0 Å². The normalized spacial score (nSPS) is 12.6. The number of aromatic amines is 2. The van der Waals surface area contributed by atoms with Gasteiger partial charge in [-0.15, -0.1) is 0 Å². The summed E-state index contributed by atoms with van der Waals surface area (Å²) < 4.78 is 5.43. The van der Waals surface area contributed by atoms with E-state index in [-0.39, 0.29) is 19.1 Å². The molecule has 7 heteroatoms. The molecule has 0 unspecified atom stereocenters. The maximum atomic E-state index is 12.1. The molecule has 29 heavy (non-hydrogen) atoms. The highest BCUT2D eigenvalue weighted by atomic mass is 16.5. The molecule has 0 bridgehead atoms. The van der Waals surface area contributed by atoms with Crippen LogP contribution in [0.4, 0.5) is 4.79 Å². The molecule has 0 saturated heterocycles. The van der Waals surface area contributed by atoms with E-state index in [1.165, 1.54) is 23.4 Å². The van der Waals surface area contributed by atoms with Crippen molar-refractivity contribution in [3.05, 3.63) is 98.3 Å². The van der Waals surface area contributed by atoms with Gasteiger partial charge in [-0.25, -0.2) is 9.59 Å². The van der Waals surface area contributed by atoms with Gasteiger partial charge < -0.3 is 15.0 Å². The van der Waals surface area contributed by atoms with E-state index in [0.717, 1.165) is 11.1 Å². The minimum absolute atomic E-state index is 0.00314. The van der Waals surface area contributed by atoms with Crippen molar-refractivity contribution in [1.29, 1.82) is 0 Å². The first-order valence-electron chi connectivity index (χ1n) is 9.21. The Balaban J connectivity index is 1.35. The summed E-state index contributed by atoms with van der Waals surface area (Å²) in [5.74, 6) is 0.00314. The number of aromatic nitrogens is 2. The van der Waals surface area contributed by atoms with E-state index in [2.05, 4.69) is 39.6 Å². The standard InChI is InChI=1S/C22H19N3O4/c26-20-14(12-24-21(27)25-20)6-5-11-23-22(28)29-13-19-17-9-3-1-7-15(17)16-8-2-4-10-18(16)19/h1-10,12,19H,11,13H2,(H,23,28)(H2,24,25,26,27). The van der Waals surface area contributed by atoms with Crippen LogP contribution in [0.15, 0.2) is 70.4 Å². The fourth-order valence-corrected chi connectivity index (χ4v) is 3.52. The van der Waals surface area contributed by atoms with Crippen LogP contribution in [0.5, 0.6) is 0 Å². The van der Waals surface area contributed by atoms with Gasteiger partial charge in [0.15, 0.2) is 0 Å². The van der Waals surface area contributed by atoms with E-state index in [1.54, 1.807) is 6.08 Å². The van der Waals surface area contributed by atoms with Crippen LogP contribution >= 0.6 is 0 Å². The second kappa shape index (κ2) is 8.02. The third kappa shape index (κ3) is 3.89. The number of carbonyl (C=O) groups excluding carboxylic acids is 1. The van der Waals surface area contributed by atoms with Crippen molar-refractivity contribution < 1.29 is 9.53 Å². The summed E-state index contributed by atoms with van der Waals surface area (Å²) in [6.07, 6.45) is 3.89. The van der Waals surface area contributed by atoms with Crippen molar-refractivity contribution in [2.24, 2.45) is 0 Å². The van der Waals surface area contributed by atoms with E-state index in [4.69, 9.17) is 4.74 Å². The molecule has 2 aromatic carbocycles. The van der Waals surface area contributed by atoms with Crippen molar-refractivity contribution in [2.45, 2.75) is 5.92 Å². The van der Waals surface area contributed by atoms with Gasteiger partial charge in [-0.05, 0) is 22.3 Å². The molecule has 0 spiro atoms. The molecule has 1 aliphatic rings. The molecule has 0 saturated carbocycles. The SMILES string of the molecule is O=C(NCC=Cc1c[nH]c(=O)[nH]c1=O)OCC1c2ccccc2-c2ccccc21. The number of ether oxygens (including phenoxy) is 1. The predicted octanol–water partition coefficient (Wildman–Crippen LogP) is 2.62. The zero-order valence-electron chi connectivity index (χ0n) is 15.5. The van der Waals surface area contributed by atoms with Crippen molar-refractivity contribution in [1.82, 2.24) is 15.3 Å². The Hall–Kier alpha value is -3.87. The third-order valence-electron chi connectivity index (χ3n) is 4.85. The van der Waals surface area contributed by atoms with Crippen molar-refractivity contribution in [3.8, 4) is 11.1 Å². The Morgan fingerprint density at radius 3 is 2.34 bits per heavy atom. The summed E-state index contributed by atoms with van der Waals surface area (Å²) in [6.45, 7) is 0.429. The number of benzene rings is 2. The summed E-state index contributed by atoms with van der Waals surface area (Å²) in [7, 11) is 0. The highest BCUT2D eigenvalue weighted by Gasteiger charge is 2.28. The molecule has 0 aliphatic heterocycles. The molecule has 4 rings (SSSR count). The summed E-state index contributed by atoms with van der Waals surface area (Å²) in [6, 6.07) is 16.3. The van der Waals surface area contributed by atoms with Gasteiger partial charge in [0.2, 0.25) is 0 Å². The maximum Gasteiger partial charge on any atom is 0.407 e. The maximum absolute atomic E-state index is 12.1. The Bertz CT molecular complexity index is 1150. The summed E-state index contributed by atoms with van der Waals surface area (Å²) in [5.41, 5.74) is 3.88. The number of amides is 1. The first-order valence-corrected chi connectivity index (χ1v) is 9.21. The molecular formula is C22H19N3O4. The molecule has 0 atom stereocenters. The van der Waals surface area contributed by atoms with Crippen molar-refractivity contribution in [2.75, 3.05) is 13.2 Å². The molecule has 7 nitrogen and oxygen atoms in total. The molecule has 3 aromatic rings. The Morgan fingerprint density at radius 2 is 1.69 bits per heavy atom. The lowest BCUT2D eigenvalue weighted by Gasteiger charge is -2.14. The van der Waals surface area contributed by atoms with Gasteiger partial charge in [-0.3, -0.25) is 9.78 Å². The van der Waals surface area contributed by atoms with Crippen LogP contribution < -0.4 is 16.6 Å². The van der Waals surface area contributed by atoms with E-state index >= 15 is 0 Å². The van der Waals surface area contributed by atoms with Gasteiger partial charge >= 0.3 is 11.8 Å². The Kier molecular flexibility index (Phi) is 5.11. The average molecular weight is 389 g/mol. The van der Waals surface area contributed by atoms with E-state index in [1.807, 2.05) is 24.3 Å². The molecule has 1 heterocycles.